The molecule has 2 atom stereocenters. The molecule has 8 nitrogen and oxygen atoms in total. The molecule has 0 bridgehead atoms. The third kappa shape index (κ3) is 4.82. The van der Waals surface area contributed by atoms with E-state index in [2.05, 4.69) is 10.5 Å². The molecule has 0 aliphatic heterocycles. The molecule has 10 heteroatoms. The van der Waals surface area contributed by atoms with E-state index >= 15 is 0 Å². The number of benzene rings is 2. The third-order valence-corrected chi connectivity index (χ3v) is 6.40. The zero-order chi connectivity index (χ0) is 24.2. The van der Waals surface area contributed by atoms with Crippen molar-refractivity contribution in [1.82, 2.24) is 5.43 Å². The van der Waals surface area contributed by atoms with Gasteiger partial charge in [-0.2, -0.15) is 5.10 Å². The number of rotatable bonds is 5. The van der Waals surface area contributed by atoms with E-state index in [1.807, 2.05) is 0 Å². The number of urea groups is 1. The fourth-order valence-corrected chi connectivity index (χ4v) is 4.74. The van der Waals surface area contributed by atoms with Crippen LogP contribution < -0.4 is 11.2 Å². The number of nitrogens with two attached hydrogens (primary N) is 1. The van der Waals surface area contributed by atoms with Crippen LogP contribution in [0.5, 0.6) is 0 Å². The van der Waals surface area contributed by atoms with Crippen molar-refractivity contribution in [3.05, 3.63) is 69.7 Å². The van der Waals surface area contributed by atoms with Gasteiger partial charge in [-0.1, -0.05) is 47.5 Å². The van der Waals surface area contributed by atoms with Crippen molar-refractivity contribution in [2.45, 2.75) is 24.7 Å². The smallest absolute Gasteiger partial charge is 0.332 e. The maximum absolute atomic E-state index is 13.5. The number of esters is 2. The highest BCUT2D eigenvalue weighted by atomic mass is 35.5. The van der Waals surface area contributed by atoms with E-state index in [9.17, 15) is 14.4 Å². The van der Waals surface area contributed by atoms with Crippen molar-refractivity contribution >= 4 is 46.9 Å². The second kappa shape index (κ2) is 10.2. The average Bonchev–Trinajstić information content (AvgIpc) is 2.82. The Morgan fingerprint density at radius 2 is 1.27 bits per heavy atom. The van der Waals surface area contributed by atoms with Gasteiger partial charge < -0.3 is 15.2 Å². The lowest BCUT2D eigenvalue weighted by molar-refractivity contribution is -0.174. The summed E-state index contributed by atoms with van der Waals surface area (Å²) in [5, 5.41) is 5.13. The molecule has 3 rings (SSSR count). The average molecular weight is 492 g/mol. The summed E-state index contributed by atoms with van der Waals surface area (Å²) in [4.78, 5) is 38.2. The monoisotopic (exact) mass is 491 g/mol. The predicted octanol–water partition coefficient (Wildman–Crippen LogP) is 4.01. The molecule has 0 heterocycles. The molecule has 3 N–H and O–H groups in total. The molecule has 0 spiro atoms. The molecular weight excluding hydrogens is 469 g/mol. The van der Waals surface area contributed by atoms with Gasteiger partial charge in [-0.15, -0.1) is 0 Å². The number of hydrogen-bond acceptors (Lipinski definition) is 6. The number of carbonyl (C=O) groups is 3. The van der Waals surface area contributed by atoms with Crippen LogP contribution in [0.2, 0.25) is 10.0 Å². The Hall–Kier alpha value is -3.10. The van der Waals surface area contributed by atoms with Crippen LogP contribution in [-0.2, 0) is 19.1 Å². The molecule has 2 amide bonds. The zero-order valence-corrected chi connectivity index (χ0v) is 19.5. The van der Waals surface area contributed by atoms with Crippen LogP contribution in [0, 0.1) is 5.41 Å². The predicted molar refractivity (Wildman–Crippen MR) is 124 cm³/mol. The van der Waals surface area contributed by atoms with Crippen molar-refractivity contribution < 1.29 is 23.9 Å². The molecular formula is C23H23Cl2N3O5. The lowest BCUT2D eigenvalue weighted by Gasteiger charge is -2.45. The normalized spacial score (nSPS) is 19.3. The molecule has 2 unspecified atom stereocenters. The molecule has 33 heavy (non-hydrogen) atoms. The van der Waals surface area contributed by atoms with Crippen molar-refractivity contribution in [3.63, 3.8) is 0 Å². The molecule has 0 radical (unpaired) electrons. The van der Waals surface area contributed by atoms with Gasteiger partial charge in [0.25, 0.3) is 0 Å². The lowest BCUT2D eigenvalue weighted by atomic mass is 9.55. The van der Waals surface area contributed by atoms with Gasteiger partial charge in [-0.05, 0) is 48.2 Å². The Labute approximate surface area is 201 Å². The first-order valence-corrected chi connectivity index (χ1v) is 10.8. The molecule has 174 valence electrons. The van der Waals surface area contributed by atoms with Gasteiger partial charge in [0.05, 0.1) is 14.2 Å². The summed E-state index contributed by atoms with van der Waals surface area (Å²) in [6, 6.07) is 12.8. The number of methoxy groups -OCH3 is 2. The van der Waals surface area contributed by atoms with E-state index in [1.54, 1.807) is 48.5 Å². The van der Waals surface area contributed by atoms with Crippen LogP contribution in [0.3, 0.4) is 0 Å². The van der Waals surface area contributed by atoms with E-state index in [-0.39, 0.29) is 12.8 Å². The van der Waals surface area contributed by atoms with Crippen LogP contribution in [0.4, 0.5) is 4.79 Å². The highest BCUT2D eigenvalue weighted by Crippen LogP contribution is 2.56. The third-order valence-electron chi connectivity index (χ3n) is 5.89. The summed E-state index contributed by atoms with van der Waals surface area (Å²) in [6.07, 6.45) is 0.326. The van der Waals surface area contributed by atoms with Crippen molar-refractivity contribution in [2.24, 2.45) is 16.3 Å². The second-order valence-corrected chi connectivity index (χ2v) is 8.50. The molecule has 1 saturated carbocycles. The van der Waals surface area contributed by atoms with E-state index in [1.165, 1.54) is 14.2 Å². The summed E-state index contributed by atoms with van der Waals surface area (Å²) >= 11 is 12.1. The lowest BCUT2D eigenvalue weighted by Crippen LogP contribution is -2.54. The fraction of sp³-hybridized carbons (Fsp3) is 0.304. The molecule has 0 saturated heterocycles. The van der Waals surface area contributed by atoms with Gasteiger partial charge in [0, 0.05) is 27.6 Å². The summed E-state index contributed by atoms with van der Waals surface area (Å²) in [6.45, 7) is 0. The van der Waals surface area contributed by atoms with E-state index in [0.29, 0.717) is 26.9 Å². The SMILES string of the molecule is COC(=O)C1(C(=O)OC)C(c2ccc(Cl)cc2)CC(=NNC(N)=O)CC1c1ccc(Cl)cc1. The van der Waals surface area contributed by atoms with Crippen LogP contribution in [0.15, 0.2) is 53.6 Å². The molecule has 1 fully saturated rings. The van der Waals surface area contributed by atoms with Crippen LogP contribution in [-0.4, -0.2) is 37.9 Å². The molecule has 2 aromatic rings. The number of hydrogen-bond donors (Lipinski definition) is 2. The first-order chi connectivity index (χ1) is 15.7. The summed E-state index contributed by atoms with van der Waals surface area (Å²) < 4.78 is 10.4. The van der Waals surface area contributed by atoms with Crippen LogP contribution in [0.25, 0.3) is 0 Å². The van der Waals surface area contributed by atoms with Crippen LogP contribution in [0.1, 0.15) is 35.8 Å². The number of carbonyl (C=O) groups excluding carboxylic acids is 3. The Bertz CT molecular complexity index is 995. The molecule has 1 aliphatic rings. The highest BCUT2D eigenvalue weighted by Gasteiger charge is 2.62. The van der Waals surface area contributed by atoms with Gasteiger partial charge in [0.1, 0.15) is 0 Å². The second-order valence-electron chi connectivity index (χ2n) is 7.62. The minimum Gasteiger partial charge on any atom is -0.468 e. The largest absolute Gasteiger partial charge is 0.468 e. The van der Waals surface area contributed by atoms with Crippen molar-refractivity contribution in [2.75, 3.05) is 14.2 Å². The Kier molecular flexibility index (Phi) is 7.61. The molecule has 1 aliphatic carbocycles. The quantitative estimate of drug-likeness (QED) is 0.371. The number of amides is 2. The fourth-order valence-electron chi connectivity index (χ4n) is 4.49. The molecule has 2 aromatic carbocycles. The van der Waals surface area contributed by atoms with Crippen molar-refractivity contribution in [1.29, 1.82) is 0 Å². The van der Waals surface area contributed by atoms with E-state index in [0.717, 1.165) is 0 Å². The minimum atomic E-state index is -1.74. The number of halogens is 2. The van der Waals surface area contributed by atoms with Gasteiger partial charge in [-0.3, -0.25) is 9.59 Å². The van der Waals surface area contributed by atoms with E-state index in [4.69, 9.17) is 38.4 Å². The maximum Gasteiger partial charge on any atom is 0.332 e. The van der Waals surface area contributed by atoms with Gasteiger partial charge in [0.2, 0.25) is 0 Å². The minimum absolute atomic E-state index is 0.163. The highest BCUT2D eigenvalue weighted by molar-refractivity contribution is 6.30. The van der Waals surface area contributed by atoms with Gasteiger partial charge in [0.15, 0.2) is 5.41 Å². The Morgan fingerprint density at radius 1 is 0.879 bits per heavy atom. The van der Waals surface area contributed by atoms with Crippen molar-refractivity contribution in [3.8, 4) is 0 Å². The first-order valence-electron chi connectivity index (χ1n) is 10.0. The number of primary amides is 1. The maximum atomic E-state index is 13.5. The Balaban J connectivity index is 2.30. The first kappa shape index (κ1) is 24.5. The van der Waals surface area contributed by atoms with Gasteiger partial charge in [-0.25, -0.2) is 10.2 Å². The van der Waals surface area contributed by atoms with E-state index < -0.39 is 35.2 Å². The summed E-state index contributed by atoms with van der Waals surface area (Å²) in [7, 11) is 2.45. The Morgan fingerprint density at radius 3 is 1.61 bits per heavy atom. The molecule has 0 aromatic heterocycles. The van der Waals surface area contributed by atoms with Gasteiger partial charge >= 0.3 is 18.0 Å². The summed E-state index contributed by atoms with van der Waals surface area (Å²) in [5.74, 6) is -2.96. The number of ether oxygens (including phenoxy) is 2. The zero-order valence-electron chi connectivity index (χ0n) is 18.0. The number of hydrazone groups is 1. The van der Waals surface area contributed by atoms with Crippen LogP contribution >= 0.6 is 23.2 Å². The number of nitrogens with zero attached hydrogens (tertiary/aromatic N) is 1. The summed E-state index contributed by atoms with van der Waals surface area (Å²) in [5.41, 5.74) is 7.54. The topological polar surface area (TPSA) is 120 Å². The standard InChI is InChI=1S/C23H23Cl2N3O5/c1-32-20(29)23(21(30)33-2)18(13-3-7-15(24)8-4-13)11-17(27-28-22(26)31)12-19(23)14-5-9-16(25)10-6-14/h3-10,18-19H,11-12H2,1-2H3,(H3,26,28,31). The number of nitrogens with one attached hydrogen (secondary N) is 1.